The van der Waals surface area contributed by atoms with Crippen LogP contribution in [0.25, 0.3) is 5.69 Å². The minimum Gasteiger partial charge on any atom is -0.481 e. The number of carbonyl (C=O) groups is 1. The molecule has 1 N–H and O–H groups in total. The highest BCUT2D eigenvalue weighted by Gasteiger charge is 2.39. The van der Waals surface area contributed by atoms with Gasteiger partial charge in [0.1, 0.15) is 0 Å². The van der Waals surface area contributed by atoms with Crippen LogP contribution in [-0.2, 0) is 11.0 Å². The molecular formula is C11H8F3N3O2S. The molecule has 0 aliphatic heterocycles. The lowest BCUT2D eigenvalue weighted by atomic mass is 10.3. The number of thioether (sulfide) groups is 1. The number of hydrogen-bond acceptors (Lipinski definition) is 4. The van der Waals surface area contributed by atoms with Gasteiger partial charge in [0.25, 0.3) is 0 Å². The first kappa shape index (κ1) is 14.4. The van der Waals surface area contributed by atoms with E-state index in [1.807, 2.05) is 0 Å². The van der Waals surface area contributed by atoms with Crippen LogP contribution < -0.4 is 0 Å². The maximum Gasteiger partial charge on any atom is 0.452 e. The molecule has 0 spiro atoms. The Bertz CT molecular complexity index is 613. The molecule has 0 unspecified atom stereocenters. The second kappa shape index (κ2) is 5.53. The summed E-state index contributed by atoms with van der Waals surface area (Å²) >= 11 is 0.677. The Labute approximate surface area is 115 Å². The zero-order chi connectivity index (χ0) is 14.8. The first-order valence-electron chi connectivity index (χ1n) is 5.32. The Hall–Kier alpha value is -2.03. The molecule has 0 saturated carbocycles. The van der Waals surface area contributed by atoms with Crippen LogP contribution in [0.2, 0.25) is 0 Å². The molecule has 0 bridgehead atoms. The molecule has 1 aromatic carbocycles. The fourth-order valence-electron chi connectivity index (χ4n) is 1.48. The summed E-state index contributed by atoms with van der Waals surface area (Å²) in [4.78, 5) is 10.5. The second-order valence-electron chi connectivity index (χ2n) is 3.66. The van der Waals surface area contributed by atoms with Gasteiger partial charge in [0.15, 0.2) is 5.16 Å². The SMILES string of the molecule is O=C(O)CSc1nnc(C(F)(F)F)n1-c1ccccc1. The minimum absolute atomic E-state index is 0.120. The molecule has 106 valence electrons. The molecule has 2 rings (SSSR count). The number of para-hydroxylation sites is 1. The van der Waals surface area contributed by atoms with E-state index in [-0.39, 0.29) is 10.8 Å². The van der Waals surface area contributed by atoms with Gasteiger partial charge in [-0.15, -0.1) is 10.2 Å². The molecule has 2 aromatic rings. The summed E-state index contributed by atoms with van der Waals surface area (Å²) in [5, 5.41) is 15.0. The number of carboxylic acid groups (broad SMARTS) is 1. The lowest BCUT2D eigenvalue weighted by molar-refractivity contribution is -0.146. The highest BCUT2D eigenvalue weighted by atomic mass is 32.2. The Balaban J connectivity index is 2.49. The predicted molar refractivity (Wildman–Crippen MR) is 64.7 cm³/mol. The third kappa shape index (κ3) is 3.10. The predicted octanol–water partition coefficient (Wildman–Crippen LogP) is 2.46. The molecule has 1 aromatic heterocycles. The summed E-state index contributed by atoms with van der Waals surface area (Å²) in [6, 6.07) is 7.72. The molecule has 0 fully saturated rings. The lowest BCUT2D eigenvalue weighted by Crippen LogP contribution is -2.14. The van der Waals surface area contributed by atoms with Crippen LogP contribution in [-0.4, -0.2) is 31.6 Å². The highest BCUT2D eigenvalue weighted by Crippen LogP contribution is 2.32. The molecular weight excluding hydrogens is 295 g/mol. The minimum atomic E-state index is -4.68. The van der Waals surface area contributed by atoms with E-state index >= 15 is 0 Å². The van der Waals surface area contributed by atoms with Gasteiger partial charge in [0, 0.05) is 5.69 Å². The van der Waals surface area contributed by atoms with Crippen molar-refractivity contribution in [1.29, 1.82) is 0 Å². The molecule has 5 nitrogen and oxygen atoms in total. The number of hydrogen-bond donors (Lipinski definition) is 1. The quantitative estimate of drug-likeness (QED) is 0.879. The van der Waals surface area contributed by atoms with Crippen LogP contribution in [0.15, 0.2) is 35.5 Å². The topological polar surface area (TPSA) is 68.0 Å². The molecule has 20 heavy (non-hydrogen) atoms. The van der Waals surface area contributed by atoms with Crippen LogP contribution >= 0.6 is 11.8 Å². The van der Waals surface area contributed by atoms with Crippen LogP contribution in [0.3, 0.4) is 0 Å². The zero-order valence-electron chi connectivity index (χ0n) is 9.83. The number of halogens is 3. The van der Waals surface area contributed by atoms with E-state index in [4.69, 9.17) is 5.11 Å². The molecule has 9 heteroatoms. The van der Waals surface area contributed by atoms with Crippen molar-refractivity contribution in [3.05, 3.63) is 36.2 Å². The standard InChI is InChI=1S/C11H8F3N3O2S/c12-11(13,14)9-15-16-10(20-6-8(18)19)17(9)7-4-2-1-3-5-7/h1-5H,6H2,(H,18,19). The van der Waals surface area contributed by atoms with E-state index in [1.165, 1.54) is 12.1 Å². The number of benzene rings is 1. The number of nitrogens with zero attached hydrogens (tertiary/aromatic N) is 3. The molecule has 0 amide bonds. The third-order valence-electron chi connectivity index (χ3n) is 2.23. The summed E-state index contributed by atoms with van der Waals surface area (Å²) < 4.78 is 39.5. The van der Waals surface area contributed by atoms with Crippen molar-refractivity contribution in [1.82, 2.24) is 14.8 Å². The molecule has 0 saturated heterocycles. The highest BCUT2D eigenvalue weighted by molar-refractivity contribution is 7.99. The monoisotopic (exact) mass is 303 g/mol. The zero-order valence-corrected chi connectivity index (χ0v) is 10.6. The van der Waals surface area contributed by atoms with E-state index in [0.717, 1.165) is 4.57 Å². The van der Waals surface area contributed by atoms with Crippen molar-refractivity contribution >= 4 is 17.7 Å². The third-order valence-corrected chi connectivity index (χ3v) is 3.14. The molecule has 0 aliphatic carbocycles. The summed E-state index contributed by atoms with van der Waals surface area (Å²) in [5.41, 5.74) is 0.220. The number of rotatable bonds is 4. The van der Waals surface area contributed by atoms with Gasteiger partial charge in [-0.05, 0) is 12.1 Å². The van der Waals surface area contributed by atoms with Crippen molar-refractivity contribution in [2.24, 2.45) is 0 Å². The fourth-order valence-corrected chi connectivity index (χ4v) is 2.16. The average molecular weight is 303 g/mol. The Morgan fingerprint density at radius 1 is 1.25 bits per heavy atom. The van der Waals surface area contributed by atoms with Gasteiger partial charge >= 0.3 is 12.1 Å². The van der Waals surface area contributed by atoms with Crippen LogP contribution in [0.1, 0.15) is 5.82 Å². The van der Waals surface area contributed by atoms with E-state index in [2.05, 4.69) is 10.2 Å². The molecule has 0 radical (unpaired) electrons. The Morgan fingerprint density at radius 3 is 2.45 bits per heavy atom. The van der Waals surface area contributed by atoms with Gasteiger partial charge in [-0.3, -0.25) is 9.36 Å². The van der Waals surface area contributed by atoms with Gasteiger partial charge in [-0.1, -0.05) is 30.0 Å². The number of alkyl halides is 3. The van der Waals surface area contributed by atoms with Crippen LogP contribution in [0.5, 0.6) is 0 Å². The molecule has 0 atom stereocenters. The van der Waals surface area contributed by atoms with Crippen LogP contribution in [0, 0.1) is 0 Å². The maximum atomic E-state index is 12.9. The average Bonchev–Trinajstić information content (AvgIpc) is 2.81. The van der Waals surface area contributed by atoms with Gasteiger partial charge < -0.3 is 5.11 Å². The molecule has 1 heterocycles. The number of aromatic nitrogens is 3. The van der Waals surface area contributed by atoms with Crippen molar-refractivity contribution in [2.75, 3.05) is 5.75 Å². The number of carboxylic acids is 1. The van der Waals surface area contributed by atoms with Crippen molar-refractivity contribution in [2.45, 2.75) is 11.3 Å². The van der Waals surface area contributed by atoms with E-state index in [0.29, 0.717) is 11.8 Å². The smallest absolute Gasteiger partial charge is 0.452 e. The van der Waals surface area contributed by atoms with Crippen molar-refractivity contribution < 1.29 is 23.1 Å². The summed E-state index contributed by atoms with van der Waals surface area (Å²) in [5.74, 6) is -2.73. The summed E-state index contributed by atoms with van der Waals surface area (Å²) in [7, 11) is 0. The lowest BCUT2D eigenvalue weighted by Gasteiger charge is -2.11. The Morgan fingerprint density at radius 2 is 1.90 bits per heavy atom. The normalized spacial score (nSPS) is 11.6. The van der Waals surface area contributed by atoms with E-state index < -0.39 is 23.7 Å². The van der Waals surface area contributed by atoms with Crippen LogP contribution in [0.4, 0.5) is 13.2 Å². The summed E-state index contributed by atoms with van der Waals surface area (Å²) in [6.45, 7) is 0. The van der Waals surface area contributed by atoms with Gasteiger partial charge in [-0.25, -0.2) is 0 Å². The molecule has 0 aliphatic rings. The van der Waals surface area contributed by atoms with E-state index in [1.54, 1.807) is 18.2 Å². The van der Waals surface area contributed by atoms with E-state index in [9.17, 15) is 18.0 Å². The number of aliphatic carboxylic acids is 1. The van der Waals surface area contributed by atoms with Crippen molar-refractivity contribution in [3.63, 3.8) is 0 Å². The van der Waals surface area contributed by atoms with Gasteiger partial charge in [0.05, 0.1) is 5.75 Å². The summed E-state index contributed by atoms with van der Waals surface area (Å²) in [6.07, 6.45) is -4.68. The Kier molecular flexibility index (Phi) is 3.98. The maximum absolute atomic E-state index is 12.9. The fraction of sp³-hybridized carbons (Fsp3) is 0.182. The van der Waals surface area contributed by atoms with Gasteiger partial charge in [-0.2, -0.15) is 13.2 Å². The second-order valence-corrected chi connectivity index (χ2v) is 4.60. The largest absolute Gasteiger partial charge is 0.481 e. The van der Waals surface area contributed by atoms with Gasteiger partial charge in [0.2, 0.25) is 5.82 Å². The van der Waals surface area contributed by atoms with Crippen molar-refractivity contribution in [3.8, 4) is 5.69 Å². The first-order valence-corrected chi connectivity index (χ1v) is 6.31. The first-order chi connectivity index (χ1) is 9.39.